The van der Waals surface area contributed by atoms with Crippen LogP contribution in [0.5, 0.6) is 0 Å². The third kappa shape index (κ3) is 3.63. The van der Waals surface area contributed by atoms with Crippen molar-refractivity contribution >= 4 is 5.78 Å². The second kappa shape index (κ2) is 7.05. The average molecular weight is 291 g/mol. The number of ketones is 1. The number of carbonyl (C=O) groups is 1. The number of Topliss-reactive ketones (excluding diaryl/α,β-unsaturated/α-hetero) is 1. The van der Waals surface area contributed by atoms with Crippen LogP contribution in [0.2, 0.25) is 0 Å². The molecule has 0 fully saturated rings. The summed E-state index contributed by atoms with van der Waals surface area (Å²) in [6.45, 7) is 6.31. The van der Waals surface area contributed by atoms with Gasteiger partial charge in [-0.1, -0.05) is 20.8 Å². The van der Waals surface area contributed by atoms with E-state index in [1.807, 2.05) is 6.08 Å². The Balaban J connectivity index is 2.19. The number of hydrogen-bond donors (Lipinski definition) is 1. The number of ether oxygens (including phenoxy) is 1. The predicted octanol–water partition coefficient (Wildman–Crippen LogP) is 3.33. The maximum atomic E-state index is 12.4. The summed E-state index contributed by atoms with van der Waals surface area (Å²) >= 11 is 0. The van der Waals surface area contributed by atoms with Crippen molar-refractivity contribution in [1.82, 2.24) is 0 Å². The van der Waals surface area contributed by atoms with Crippen LogP contribution in [-0.4, -0.2) is 24.0 Å². The maximum Gasteiger partial charge on any atom is 0.223 e. The van der Waals surface area contributed by atoms with E-state index >= 15 is 0 Å². The molecule has 2 rings (SSSR count). The summed E-state index contributed by atoms with van der Waals surface area (Å²) in [5.74, 6) is 0.489. The first-order valence-electron chi connectivity index (χ1n) is 7.76. The molecule has 2 N–H and O–H groups in total. The number of rotatable bonds is 6. The molecule has 4 nitrogen and oxygen atoms in total. The van der Waals surface area contributed by atoms with Crippen molar-refractivity contribution in [1.29, 1.82) is 0 Å². The van der Waals surface area contributed by atoms with Crippen molar-refractivity contribution in [3.63, 3.8) is 0 Å². The molecule has 1 aliphatic carbocycles. The van der Waals surface area contributed by atoms with Crippen molar-refractivity contribution in [3.05, 3.63) is 35.8 Å². The quantitative estimate of drug-likeness (QED) is 0.816. The Kier molecular flexibility index (Phi) is 5.37. The Morgan fingerprint density at radius 2 is 2.19 bits per heavy atom. The number of nitrogens with two attached hydrogens (primary N) is 1. The highest BCUT2D eigenvalue weighted by Gasteiger charge is 2.32. The SMILES string of the molecule is CCC(CC)O[C@@H]1C=C(C(=O)c2ccco2)C[C@H](N)[C@H]1C. The molecule has 0 saturated carbocycles. The third-order valence-electron chi connectivity index (χ3n) is 4.31. The molecule has 1 heterocycles. The van der Waals surface area contributed by atoms with Gasteiger partial charge in [0.15, 0.2) is 5.76 Å². The molecule has 0 saturated heterocycles. The second-order valence-corrected chi connectivity index (χ2v) is 5.76. The van der Waals surface area contributed by atoms with Gasteiger partial charge in [-0.3, -0.25) is 4.79 Å². The minimum Gasteiger partial charge on any atom is -0.461 e. The molecule has 0 aliphatic heterocycles. The first kappa shape index (κ1) is 16.0. The summed E-state index contributed by atoms with van der Waals surface area (Å²) in [6, 6.07) is 3.34. The Bertz CT molecular complexity index is 488. The zero-order chi connectivity index (χ0) is 15.4. The van der Waals surface area contributed by atoms with Crippen molar-refractivity contribution in [2.45, 2.75) is 58.3 Å². The van der Waals surface area contributed by atoms with Crippen LogP contribution in [0.15, 0.2) is 34.5 Å². The van der Waals surface area contributed by atoms with Gasteiger partial charge in [-0.25, -0.2) is 0 Å². The molecule has 3 atom stereocenters. The predicted molar refractivity (Wildman–Crippen MR) is 82.1 cm³/mol. The van der Waals surface area contributed by atoms with Gasteiger partial charge < -0.3 is 14.9 Å². The maximum absolute atomic E-state index is 12.4. The molecule has 21 heavy (non-hydrogen) atoms. The highest BCUT2D eigenvalue weighted by atomic mass is 16.5. The first-order valence-corrected chi connectivity index (χ1v) is 7.76. The lowest BCUT2D eigenvalue weighted by molar-refractivity contribution is -0.0247. The Morgan fingerprint density at radius 1 is 1.48 bits per heavy atom. The molecule has 4 heteroatoms. The van der Waals surface area contributed by atoms with Crippen LogP contribution in [0.4, 0.5) is 0 Å². The summed E-state index contributed by atoms with van der Waals surface area (Å²) in [4.78, 5) is 12.4. The molecule has 1 aliphatic rings. The minimum atomic E-state index is -0.104. The third-order valence-corrected chi connectivity index (χ3v) is 4.31. The Labute approximate surface area is 126 Å². The van der Waals surface area contributed by atoms with Crippen LogP contribution >= 0.6 is 0 Å². The van der Waals surface area contributed by atoms with Crippen molar-refractivity contribution in [2.75, 3.05) is 0 Å². The Hall–Kier alpha value is -1.39. The van der Waals surface area contributed by atoms with Gasteiger partial charge in [-0.05, 0) is 37.5 Å². The zero-order valence-electron chi connectivity index (χ0n) is 13.0. The van der Waals surface area contributed by atoms with Crippen LogP contribution in [0.1, 0.15) is 50.6 Å². The van der Waals surface area contributed by atoms with E-state index in [4.69, 9.17) is 14.9 Å². The van der Waals surface area contributed by atoms with Crippen LogP contribution in [0.25, 0.3) is 0 Å². The fraction of sp³-hybridized carbons (Fsp3) is 0.588. The molecule has 0 amide bonds. The summed E-state index contributed by atoms with van der Waals surface area (Å²) in [5, 5.41) is 0. The van der Waals surface area contributed by atoms with Gasteiger partial charge in [0, 0.05) is 17.5 Å². The normalized spacial score (nSPS) is 26.0. The van der Waals surface area contributed by atoms with E-state index in [1.165, 1.54) is 6.26 Å². The molecule has 1 aromatic heterocycles. The molecule has 116 valence electrons. The van der Waals surface area contributed by atoms with Gasteiger partial charge in [-0.15, -0.1) is 0 Å². The van der Waals surface area contributed by atoms with E-state index in [1.54, 1.807) is 12.1 Å². The first-order chi connectivity index (χ1) is 10.1. The van der Waals surface area contributed by atoms with Crippen molar-refractivity contribution in [3.8, 4) is 0 Å². The fourth-order valence-corrected chi connectivity index (χ4v) is 2.70. The van der Waals surface area contributed by atoms with E-state index in [2.05, 4.69) is 20.8 Å². The molecule has 0 bridgehead atoms. The summed E-state index contributed by atoms with van der Waals surface area (Å²) in [7, 11) is 0. The monoisotopic (exact) mass is 291 g/mol. The molecule has 0 aromatic carbocycles. The average Bonchev–Trinajstić information content (AvgIpc) is 3.02. The van der Waals surface area contributed by atoms with Gasteiger partial charge in [0.05, 0.1) is 18.5 Å². The van der Waals surface area contributed by atoms with E-state index < -0.39 is 0 Å². The van der Waals surface area contributed by atoms with Crippen LogP contribution in [0.3, 0.4) is 0 Å². The largest absolute Gasteiger partial charge is 0.461 e. The van der Waals surface area contributed by atoms with Gasteiger partial charge in [-0.2, -0.15) is 0 Å². The van der Waals surface area contributed by atoms with Crippen LogP contribution < -0.4 is 5.73 Å². The molecule has 0 spiro atoms. The highest BCUT2D eigenvalue weighted by Crippen LogP contribution is 2.29. The molecule has 1 aromatic rings. The lowest BCUT2D eigenvalue weighted by Crippen LogP contribution is -2.42. The van der Waals surface area contributed by atoms with E-state index in [0.717, 1.165) is 12.8 Å². The van der Waals surface area contributed by atoms with Crippen molar-refractivity contribution < 1.29 is 13.9 Å². The highest BCUT2D eigenvalue weighted by molar-refractivity contribution is 6.07. The smallest absolute Gasteiger partial charge is 0.223 e. The van der Waals surface area contributed by atoms with Gasteiger partial charge in [0.2, 0.25) is 5.78 Å². The number of furan rings is 1. The topological polar surface area (TPSA) is 65.5 Å². The van der Waals surface area contributed by atoms with Crippen LogP contribution in [0, 0.1) is 5.92 Å². The fourth-order valence-electron chi connectivity index (χ4n) is 2.70. The standard InChI is InChI=1S/C17H25NO3/c1-4-13(5-2)21-16-10-12(9-14(18)11(16)3)17(19)15-7-6-8-20-15/h6-8,10-11,13-14,16H,4-5,9,18H2,1-3H3/t11-,14+,16-/m1/s1. The summed E-state index contributed by atoms with van der Waals surface area (Å²) in [5.41, 5.74) is 6.91. The number of hydrogen-bond acceptors (Lipinski definition) is 4. The molecule has 0 unspecified atom stereocenters. The number of carbonyl (C=O) groups excluding carboxylic acids is 1. The molecular weight excluding hydrogens is 266 g/mol. The summed E-state index contributed by atoms with van der Waals surface area (Å²) in [6.07, 6.45) is 6.05. The molecule has 0 radical (unpaired) electrons. The minimum absolute atomic E-state index is 0.0664. The lowest BCUT2D eigenvalue weighted by Gasteiger charge is -2.34. The zero-order valence-corrected chi connectivity index (χ0v) is 13.0. The van der Waals surface area contributed by atoms with Gasteiger partial charge in [0.25, 0.3) is 0 Å². The van der Waals surface area contributed by atoms with Crippen molar-refractivity contribution in [2.24, 2.45) is 11.7 Å². The second-order valence-electron chi connectivity index (χ2n) is 5.76. The van der Waals surface area contributed by atoms with E-state index in [0.29, 0.717) is 17.8 Å². The van der Waals surface area contributed by atoms with E-state index in [9.17, 15) is 4.79 Å². The van der Waals surface area contributed by atoms with E-state index in [-0.39, 0.29) is 30.0 Å². The Morgan fingerprint density at radius 3 is 2.76 bits per heavy atom. The van der Waals surface area contributed by atoms with Gasteiger partial charge in [0.1, 0.15) is 0 Å². The lowest BCUT2D eigenvalue weighted by atomic mass is 9.82. The van der Waals surface area contributed by atoms with Gasteiger partial charge >= 0.3 is 0 Å². The van der Waals surface area contributed by atoms with Crippen LogP contribution in [-0.2, 0) is 4.74 Å². The summed E-state index contributed by atoms with van der Waals surface area (Å²) < 4.78 is 11.3. The molecular formula is C17H25NO3.